The Bertz CT molecular complexity index is 592. The predicted octanol–water partition coefficient (Wildman–Crippen LogP) is 1.06. The minimum atomic E-state index is -0.118. The number of hydrogen-bond donors (Lipinski definition) is 1. The summed E-state index contributed by atoms with van der Waals surface area (Å²) in [6.45, 7) is 1.48. The van der Waals surface area contributed by atoms with Crippen molar-refractivity contribution in [1.29, 1.82) is 0 Å². The molecule has 3 rings (SSSR count). The number of carbonyl (C=O) groups is 1. The Morgan fingerprint density at radius 3 is 2.77 bits per heavy atom. The van der Waals surface area contributed by atoms with Crippen molar-refractivity contribution in [2.45, 2.75) is 44.6 Å². The van der Waals surface area contributed by atoms with Gasteiger partial charge in [-0.15, -0.1) is 0 Å². The summed E-state index contributed by atoms with van der Waals surface area (Å²) >= 11 is 0. The summed E-state index contributed by atoms with van der Waals surface area (Å²) in [6, 6.07) is 1.95. The third-order valence-electron chi connectivity index (χ3n) is 4.83. The van der Waals surface area contributed by atoms with E-state index in [1.807, 2.05) is 0 Å². The zero-order valence-electron chi connectivity index (χ0n) is 13.1. The molecule has 1 aromatic heterocycles. The van der Waals surface area contributed by atoms with Crippen molar-refractivity contribution in [2.24, 2.45) is 13.0 Å². The van der Waals surface area contributed by atoms with Crippen molar-refractivity contribution in [1.82, 2.24) is 15.1 Å². The predicted molar refractivity (Wildman–Crippen MR) is 84.8 cm³/mol. The minimum Gasteiger partial charge on any atom is -0.369 e. The van der Waals surface area contributed by atoms with E-state index in [1.54, 1.807) is 19.3 Å². The second-order valence-corrected chi connectivity index (χ2v) is 6.45. The molecule has 1 N–H and O–H groups in total. The molecule has 1 amide bonds. The molecule has 0 spiro atoms. The van der Waals surface area contributed by atoms with E-state index in [4.69, 9.17) is 0 Å². The number of nitrogens with one attached hydrogen (secondary N) is 1. The molecule has 1 atom stereocenters. The first-order valence-electron chi connectivity index (χ1n) is 8.22. The number of rotatable bonds is 3. The van der Waals surface area contributed by atoms with Gasteiger partial charge >= 0.3 is 0 Å². The van der Waals surface area contributed by atoms with Crippen LogP contribution < -0.4 is 15.8 Å². The maximum atomic E-state index is 12.4. The summed E-state index contributed by atoms with van der Waals surface area (Å²) in [5.41, 5.74) is 0.698. The average molecular weight is 304 g/mol. The van der Waals surface area contributed by atoms with Crippen LogP contribution in [0.15, 0.2) is 17.1 Å². The van der Waals surface area contributed by atoms with Crippen molar-refractivity contribution in [3.05, 3.63) is 22.6 Å². The summed E-state index contributed by atoms with van der Waals surface area (Å²) in [5, 5.41) is 7.25. The average Bonchev–Trinajstić information content (AvgIpc) is 3.01. The number of aromatic nitrogens is 2. The number of nitrogens with zero attached hydrogens (tertiary/aromatic N) is 3. The number of amides is 1. The second-order valence-electron chi connectivity index (χ2n) is 6.45. The first-order chi connectivity index (χ1) is 10.6. The summed E-state index contributed by atoms with van der Waals surface area (Å²) in [6.07, 6.45) is 8.50. The van der Waals surface area contributed by atoms with Gasteiger partial charge in [0.05, 0.1) is 17.8 Å². The van der Waals surface area contributed by atoms with Gasteiger partial charge in [-0.05, 0) is 19.3 Å². The molecule has 22 heavy (non-hydrogen) atoms. The van der Waals surface area contributed by atoms with Crippen molar-refractivity contribution in [2.75, 3.05) is 18.0 Å². The fourth-order valence-electron chi connectivity index (χ4n) is 3.41. The number of anilines is 1. The third kappa shape index (κ3) is 3.31. The zero-order chi connectivity index (χ0) is 15.5. The van der Waals surface area contributed by atoms with E-state index in [0.717, 1.165) is 31.5 Å². The van der Waals surface area contributed by atoms with E-state index in [1.165, 1.54) is 23.9 Å². The molecule has 2 aliphatic rings. The first kappa shape index (κ1) is 15.1. The van der Waals surface area contributed by atoms with Crippen LogP contribution in [0.1, 0.15) is 38.5 Å². The van der Waals surface area contributed by atoms with Gasteiger partial charge < -0.3 is 10.2 Å². The van der Waals surface area contributed by atoms with Gasteiger partial charge in [-0.25, -0.2) is 4.68 Å². The molecule has 6 nitrogen and oxygen atoms in total. The molecule has 1 saturated heterocycles. The van der Waals surface area contributed by atoms with E-state index < -0.39 is 0 Å². The van der Waals surface area contributed by atoms with Crippen LogP contribution in [0.2, 0.25) is 0 Å². The van der Waals surface area contributed by atoms with Gasteiger partial charge in [-0.1, -0.05) is 19.3 Å². The summed E-state index contributed by atoms with van der Waals surface area (Å²) < 4.78 is 1.31. The quantitative estimate of drug-likeness (QED) is 0.906. The van der Waals surface area contributed by atoms with E-state index in [2.05, 4.69) is 15.3 Å². The third-order valence-corrected chi connectivity index (χ3v) is 4.83. The van der Waals surface area contributed by atoms with E-state index >= 15 is 0 Å². The fraction of sp³-hybridized carbons (Fsp3) is 0.688. The van der Waals surface area contributed by atoms with Crippen LogP contribution in [0.3, 0.4) is 0 Å². The standard InChI is InChI=1S/C16H24N4O2/c1-19-15(21)9-14(10-17-19)20-8-7-12(11-20)16(22)18-13-5-3-2-4-6-13/h9-10,12-13H,2-8,11H2,1H3,(H,18,22). The Morgan fingerprint density at radius 2 is 2.05 bits per heavy atom. The molecule has 0 radical (unpaired) electrons. The highest BCUT2D eigenvalue weighted by Gasteiger charge is 2.30. The molecular weight excluding hydrogens is 280 g/mol. The highest BCUT2D eigenvalue weighted by atomic mass is 16.2. The van der Waals surface area contributed by atoms with Gasteiger partial charge in [0.25, 0.3) is 5.56 Å². The van der Waals surface area contributed by atoms with Crippen LogP contribution >= 0.6 is 0 Å². The normalized spacial score (nSPS) is 22.8. The number of aryl methyl sites for hydroxylation is 1. The van der Waals surface area contributed by atoms with Gasteiger partial charge in [-0.3, -0.25) is 9.59 Å². The zero-order valence-corrected chi connectivity index (χ0v) is 13.1. The Kier molecular flexibility index (Phi) is 4.45. The van der Waals surface area contributed by atoms with Gasteiger partial charge in [0.15, 0.2) is 0 Å². The number of hydrogen-bond acceptors (Lipinski definition) is 4. The van der Waals surface area contributed by atoms with Crippen molar-refractivity contribution < 1.29 is 4.79 Å². The van der Waals surface area contributed by atoms with Gasteiger partial charge in [0.2, 0.25) is 5.91 Å². The van der Waals surface area contributed by atoms with E-state index in [9.17, 15) is 9.59 Å². The van der Waals surface area contributed by atoms with Crippen LogP contribution in [0.4, 0.5) is 5.69 Å². The van der Waals surface area contributed by atoms with Crippen molar-refractivity contribution in [3.63, 3.8) is 0 Å². The van der Waals surface area contributed by atoms with E-state index in [0.29, 0.717) is 12.6 Å². The SMILES string of the molecule is Cn1ncc(N2CCC(C(=O)NC3CCCCC3)C2)cc1=O. The van der Waals surface area contributed by atoms with Crippen LogP contribution in [0.25, 0.3) is 0 Å². The summed E-state index contributed by atoms with van der Waals surface area (Å²) in [4.78, 5) is 26.1. The van der Waals surface area contributed by atoms with Crippen molar-refractivity contribution >= 4 is 11.6 Å². The Morgan fingerprint density at radius 1 is 1.27 bits per heavy atom. The van der Waals surface area contributed by atoms with Gasteiger partial charge in [0, 0.05) is 32.2 Å². The smallest absolute Gasteiger partial charge is 0.268 e. The fourth-order valence-corrected chi connectivity index (χ4v) is 3.41. The maximum Gasteiger partial charge on any atom is 0.268 e. The Hall–Kier alpha value is -1.85. The van der Waals surface area contributed by atoms with Crippen LogP contribution in [-0.4, -0.2) is 34.8 Å². The minimum absolute atomic E-state index is 0.0194. The molecule has 120 valence electrons. The molecule has 1 aromatic rings. The molecule has 2 heterocycles. The first-order valence-corrected chi connectivity index (χ1v) is 8.22. The van der Waals surface area contributed by atoms with Crippen molar-refractivity contribution in [3.8, 4) is 0 Å². The molecule has 1 aliphatic heterocycles. The molecule has 1 aliphatic carbocycles. The van der Waals surface area contributed by atoms with Crippen LogP contribution in [0.5, 0.6) is 0 Å². The maximum absolute atomic E-state index is 12.4. The molecule has 1 saturated carbocycles. The molecule has 1 unspecified atom stereocenters. The van der Waals surface area contributed by atoms with Gasteiger partial charge in [-0.2, -0.15) is 5.10 Å². The Balaban J connectivity index is 1.58. The Labute approximate surface area is 130 Å². The summed E-state index contributed by atoms with van der Waals surface area (Å²) in [7, 11) is 1.64. The molecule has 0 bridgehead atoms. The lowest BCUT2D eigenvalue weighted by Crippen LogP contribution is -2.40. The molecule has 6 heteroatoms. The lowest BCUT2D eigenvalue weighted by atomic mass is 9.95. The molecule has 2 fully saturated rings. The van der Waals surface area contributed by atoms with Crippen LogP contribution in [-0.2, 0) is 11.8 Å². The lowest BCUT2D eigenvalue weighted by molar-refractivity contribution is -0.125. The van der Waals surface area contributed by atoms with E-state index in [-0.39, 0.29) is 17.4 Å². The largest absolute Gasteiger partial charge is 0.369 e. The topological polar surface area (TPSA) is 67.2 Å². The highest BCUT2D eigenvalue weighted by molar-refractivity contribution is 5.80. The lowest BCUT2D eigenvalue weighted by Gasteiger charge is -2.24. The highest BCUT2D eigenvalue weighted by Crippen LogP contribution is 2.23. The molecule has 0 aromatic carbocycles. The number of carbonyl (C=O) groups excluding carboxylic acids is 1. The monoisotopic (exact) mass is 304 g/mol. The summed E-state index contributed by atoms with van der Waals surface area (Å²) in [5.74, 6) is 0.192. The van der Waals surface area contributed by atoms with Gasteiger partial charge in [0.1, 0.15) is 0 Å². The van der Waals surface area contributed by atoms with Crippen LogP contribution in [0, 0.1) is 5.92 Å². The molecular formula is C16H24N4O2. The second kappa shape index (κ2) is 6.50.